The van der Waals surface area contributed by atoms with Crippen molar-refractivity contribution in [2.24, 2.45) is 0 Å². The quantitative estimate of drug-likeness (QED) is 0.518. The summed E-state index contributed by atoms with van der Waals surface area (Å²) in [7, 11) is 0. The molecule has 1 unspecified atom stereocenters. The first-order valence-corrected chi connectivity index (χ1v) is 9.69. The molecule has 4 heteroatoms. The molecule has 0 aliphatic rings. The highest BCUT2D eigenvalue weighted by molar-refractivity contribution is 5.84. The van der Waals surface area contributed by atoms with Crippen LogP contribution < -0.4 is 10.3 Å². The van der Waals surface area contributed by atoms with Gasteiger partial charge in [-0.1, -0.05) is 62.9 Å². The summed E-state index contributed by atoms with van der Waals surface area (Å²) in [5, 5.41) is 11.4. The maximum Gasteiger partial charge on any atom is 0.248 e. The van der Waals surface area contributed by atoms with E-state index < -0.39 is 6.10 Å². The summed E-state index contributed by atoms with van der Waals surface area (Å²) < 4.78 is 5.96. The van der Waals surface area contributed by atoms with E-state index in [4.69, 9.17) is 4.74 Å². The molecule has 0 amide bonds. The fourth-order valence-electron chi connectivity index (χ4n) is 3.25. The van der Waals surface area contributed by atoms with Gasteiger partial charge in [0.1, 0.15) is 12.4 Å². The molecule has 0 radical (unpaired) electrons. The van der Waals surface area contributed by atoms with Crippen LogP contribution in [-0.4, -0.2) is 10.1 Å². The number of aromatic nitrogens is 1. The topological polar surface area (TPSA) is 62.3 Å². The normalized spacial score (nSPS) is 12.2. The molecule has 2 N–H and O–H groups in total. The average Bonchev–Trinajstić information content (AvgIpc) is 2.69. The van der Waals surface area contributed by atoms with E-state index in [2.05, 4.69) is 11.9 Å². The number of aliphatic hydroxyl groups excluding tert-OH is 1. The largest absolute Gasteiger partial charge is 0.487 e. The number of H-pyrrole nitrogens is 1. The van der Waals surface area contributed by atoms with Gasteiger partial charge in [-0.25, -0.2) is 0 Å². The highest BCUT2D eigenvalue weighted by Gasteiger charge is 2.09. The molecular formula is C23H27NO3. The second kappa shape index (κ2) is 9.38. The molecule has 0 spiro atoms. The molecule has 0 saturated carbocycles. The predicted molar refractivity (Wildman–Crippen MR) is 109 cm³/mol. The van der Waals surface area contributed by atoms with Crippen LogP contribution in [0.3, 0.4) is 0 Å². The Morgan fingerprint density at radius 3 is 2.74 bits per heavy atom. The Balaban J connectivity index is 1.67. The van der Waals surface area contributed by atoms with Gasteiger partial charge in [0.25, 0.3) is 0 Å². The van der Waals surface area contributed by atoms with Gasteiger partial charge in [-0.15, -0.1) is 0 Å². The highest BCUT2D eigenvalue weighted by Crippen LogP contribution is 2.25. The van der Waals surface area contributed by atoms with Crippen molar-refractivity contribution < 1.29 is 9.84 Å². The van der Waals surface area contributed by atoms with E-state index in [1.165, 1.54) is 18.9 Å². The minimum absolute atomic E-state index is 0.147. The number of para-hydroxylation sites is 1. The molecule has 1 aromatic heterocycles. The molecule has 0 saturated heterocycles. The van der Waals surface area contributed by atoms with Crippen molar-refractivity contribution in [3.63, 3.8) is 0 Å². The number of fused-ring (bicyclic) bond motifs is 1. The van der Waals surface area contributed by atoms with Gasteiger partial charge in [-0.05, 0) is 35.7 Å². The Morgan fingerprint density at radius 2 is 1.89 bits per heavy atom. The van der Waals surface area contributed by atoms with Gasteiger partial charge in [0.15, 0.2) is 0 Å². The zero-order valence-corrected chi connectivity index (χ0v) is 15.8. The number of hydrogen-bond acceptors (Lipinski definition) is 3. The minimum Gasteiger partial charge on any atom is -0.487 e. The number of pyridine rings is 1. The number of nitrogens with one attached hydrogen (secondary N) is 1. The molecule has 27 heavy (non-hydrogen) atoms. The Hall–Kier alpha value is -2.59. The fraction of sp³-hybridized carbons (Fsp3) is 0.348. The number of aliphatic hydroxyl groups is 1. The second-order valence-electron chi connectivity index (χ2n) is 6.94. The standard InChI is InChI=1S/C23H27NO3/c1-2-3-4-5-11-20(25)19-10-6-8-17(15-19)16-27-21-12-7-9-18-13-14-22(26)24-23(18)21/h6-10,12-15,20,25H,2-5,11,16H2,1H3,(H,24,26). The van der Waals surface area contributed by atoms with Gasteiger partial charge < -0.3 is 14.8 Å². The van der Waals surface area contributed by atoms with E-state index >= 15 is 0 Å². The number of ether oxygens (including phenoxy) is 1. The van der Waals surface area contributed by atoms with Crippen molar-refractivity contribution in [3.8, 4) is 5.75 Å². The Labute approximate surface area is 159 Å². The van der Waals surface area contributed by atoms with Crippen molar-refractivity contribution >= 4 is 10.9 Å². The molecule has 142 valence electrons. The third-order valence-corrected chi connectivity index (χ3v) is 4.78. The van der Waals surface area contributed by atoms with Crippen LogP contribution in [0.15, 0.2) is 59.4 Å². The Morgan fingerprint density at radius 1 is 1.04 bits per heavy atom. The summed E-state index contributed by atoms with van der Waals surface area (Å²) in [6.07, 6.45) is 4.97. The lowest BCUT2D eigenvalue weighted by Crippen LogP contribution is -2.05. The van der Waals surface area contributed by atoms with Gasteiger partial charge in [0, 0.05) is 11.5 Å². The maximum absolute atomic E-state index is 11.6. The van der Waals surface area contributed by atoms with Crippen LogP contribution in [0.2, 0.25) is 0 Å². The molecule has 0 aliphatic heterocycles. The van der Waals surface area contributed by atoms with E-state index in [1.54, 1.807) is 6.07 Å². The lowest BCUT2D eigenvalue weighted by Gasteiger charge is -2.13. The molecule has 1 heterocycles. The SMILES string of the molecule is CCCCCCC(O)c1cccc(COc2cccc3ccc(=O)[nH]c23)c1. The van der Waals surface area contributed by atoms with Crippen LogP contribution in [0.4, 0.5) is 0 Å². The zero-order valence-electron chi connectivity index (χ0n) is 15.8. The second-order valence-corrected chi connectivity index (χ2v) is 6.94. The summed E-state index contributed by atoms with van der Waals surface area (Å²) in [6.45, 7) is 2.57. The van der Waals surface area contributed by atoms with Crippen LogP contribution in [-0.2, 0) is 6.61 Å². The average molecular weight is 365 g/mol. The molecule has 3 aromatic rings. The lowest BCUT2D eigenvalue weighted by atomic mass is 10.0. The summed E-state index contributed by atoms with van der Waals surface area (Å²) in [4.78, 5) is 14.5. The monoisotopic (exact) mass is 365 g/mol. The van der Waals surface area contributed by atoms with Crippen LogP contribution in [0.1, 0.15) is 56.3 Å². The first kappa shape index (κ1) is 19.2. The van der Waals surface area contributed by atoms with Crippen molar-refractivity contribution in [2.45, 2.75) is 51.7 Å². The molecular weight excluding hydrogens is 338 g/mol. The summed E-state index contributed by atoms with van der Waals surface area (Å²) in [5.41, 5.74) is 2.48. The van der Waals surface area contributed by atoms with Gasteiger partial charge in [0.2, 0.25) is 5.56 Å². The zero-order chi connectivity index (χ0) is 19.1. The van der Waals surface area contributed by atoms with E-state index in [1.807, 2.05) is 42.5 Å². The molecule has 4 nitrogen and oxygen atoms in total. The van der Waals surface area contributed by atoms with E-state index in [9.17, 15) is 9.90 Å². The number of unbranched alkanes of at least 4 members (excludes halogenated alkanes) is 3. The number of aromatic amines is 1. The van der Waals surface area contributed by atoms with Crippen molar-refractivity contribution in [1.29, 1.82) is 0 Å². The molecule has 2 aromatic carbocycles. The van der Waals surface area contributed by atoms with Crippen molar-refractivity contribution in [3.05, 3.63) is 76.1 Å². The van der Waals surface area contributed by atoms with E-state index in [0.29, 0.717) is 17.9 Å². The van der Waals surface area contributed by atoms with Crippen LogP contribution in [0.25, 0.3) is 10.9 Å². The fourth-order valence-corrected chi connectivity index (χ4v) is 3.25. The van der Waals surface area contributed by atoms with Crippen LogP contribution >= 0.6 is 0 Å². The molecule has 0 bridgehead atoms. The number of hydrogen-bond donors (Lipinski definition) is 2. The minimum atomic E-state index is -0.435. The van der Waals surface area contributed by atoms with E-state index in [0.717, 1.165) is 35.8 Å². The highest BCUT2D eigenvalue weighted by atomic mass is 16.5. The van der Waals surface area contributed by atoms with Crippen LogP contribution in [0.5, 0.6) is 5.75 Å². The van der Waals surface area contributed by atoms with Crippen molar-refractivity contribution in [1.82, 2.24) is 4.98 Å². The predicted octanol–water partition coefficient (Wildman–Crippen LogP) is 5.11. The van der Waals surface area contributed by atoms with Gasteiger partial charge >= 0.3 is 0 Å². The number of rotatable bonds is 9. The third-order valence-electron chi connectivity index (χ3n) is 4.78. The molecule has 0 aliphatic carbocycles. The summed E-state index contributed by atoms with van der Waals surface area (Å²) in [6, 6.07) is 16.9. The van der Waals surface area contributed by atoms with Gasteiger partial charge in [0.05, 0.1) is 11.6 Å². The Kier molecular flexibility index (Phi) is 6.66. The van der Waals surface area contributed by atoms with Gasteiger partial charge in [-0.2, -0.15) is 0 Å². The molecule has 0 fully saturated rings. The summed E-state index contributed by atoms with van der Waals surface area (Å²) >= 11 is 0. The smallest absolute Gasteiger partial charge is 0.248 e. The maximum atomic E-state index is 11.6. The number of benzene rings is 2. The molecule has 1 atom stereocenters. The lowest BCUT2D eigenvalue weighted by molar-refractivity contribution is 0.163. The van der Waals surface area contributed by atoms with Crippen LogP contribution in [0, 0.1) is 0 Å². The van der Waals surface area contributed by atoms with Gasteiger partial charge in [-0.3, -0.25) is 4.79 Å². The van der Waals surface area contributed by atoms with E-state index in [-0.39, 0.29) is 5.56 Å². The Bertz CT molecular complexity index is 932. The molecule has 3 rings (SSSR count). The first-order valence-electron chi connectivity index (χ1n) is 9.69. The summed E-state index contributed by atoms with van der Waals surface area (Å²) in [5.74, 6) is 0.649. The van der Waals surface area contributed by atoms with Crippen molar-refractivity contribution in [2.75, 3.05) is 0 Å². The third kappa shape index (κ3) is 5.20. The first-order chi connectivity index (χ1) is 13.2.